The standard InChI is InChI=1S/C14H13N3O/c1-17(2)11-5-3-6-12(9-11)18-14-7-4-8-16-13(14)10-15/h3-9H,1-2H3. The van der Waals surface area contributed by atoms with E-state index in [-0.39, 0.29) is 5.69 Å². The monoisotopic (exact) mass is 239 g/mol. The highest BCUT2D eigenvalue weighted by Gasteiger charge is 2.05. The molecule has 4 heteroatoms. The normalized spacial score (nSPS) is 9.61. The molecule has 0 N–H and O–H groups in total. The molecule has 0 saturated heterocycles. The number of benzene rings is 1. The van der Waals surface area contributed by atoms with Gasteiger partial charge < -0.3 is 9.64 Å². The summed E-state index contributed by atoms with van der Waals surface area (Å²) in [6.45, 7) is 0. The van der Waals surface area contributed by atoms with E-state index < -0.39 is 0 Å². The van der Waals surface area contributed by atoms with Crippen LogP contribution in [0.15, 0.2) is 42.6 Å². The lowest BCUT2D eigenvalue weighted by molar-refractivity contribution is 0.478. The van der Waals surface area contributed by atoms with Gasteiger partial charge in [-0.15, -0.1) is 0 Å². The molecular weight excluding hydrogens is 226 g/mol. The second-order valence-corrected chi connectivity index (χ2v) is 3.96. The molecule has 1 heterocycles. The molecule has 90 valence electrons. The maximum absolute atomic E-state index is 8.94. The molecule has 4 nitrogen and oxygen atoms in total. The summed E-state index contributed by atoms with van der Waals surface area (Å²) in [5.74, 6) is 1.15. The van der Waals surface area contributed by atoms with Gasteiger partial charge in [0.05, 0.1) is 0 Å². The van der Waals surface area contributed by atoms with Gasteiger partial charge in [0.1, 0.15) is 11.8 Å². The van der Waals surface area contributed by atoms with E-state index in [0.717, 1.165) is 5.69 Å². The van der Waals surface area contributed by atoms with Crippen LogP contribution < -0.4 is 9.64 Å². The van der Waals surface area contributed by atoms with Crippen molar-refractivity contribution in [1.29, 1.82) is 5.26 Å². The van der Waals surface area contributed by atoms with Crippen LogP contribution in [0.25, 0.3) is 0 Å². The maximum atomic E-state index is 8.94. The molecule has 0 aliphatic carbocycles. The van der Waals surface area contributed by atoms with E-state index in [0.29, 0.717) is 11.5 Å². The number of rotatable bonds is 3. The summed E-state index contributed by atoms with van der Waals surface area (Å²) in [6, 6.07) is 13.1. The Hall–Kier alpha value is -2.54. The van der Waals surface area contributed by atoms with Gasteiger partial charge in [-0.2, -0.15) is 5.26 Å². The lowest BCUT2D eigenvalue weighted by atomic mass is 10.3. The first-order chi connectivity index (χ1) is 8.70. The van der Waals surface area contributed by atoms with Gasteiger partial charge in [0.25, 0.3) is 0 Å². The fraction of sp³-hybridized carbons (Fsp3) is 0.143. The van der Waals surface area contributed by atoms with Gasteiger partial charge in [0.2, 0.25) is 0 Å². The van der Waals surface area contributed by atoms with Crippen LogP contribution in [0.1, 0.15) is 5.69 Å². The van der Waals surface area contributed by atoms with Crippen LogP contribution in [-0.4, -0.2) is 19.1 Å². The van der Waals surface area contributed by atoms with Crippen LogP contribution in [0, 0.1) is 11.3 Å². The van der Waals surface area contributed by atoms with E-state index in [1.807, 2.05) is 49.3 Å². The lowest BCUT2D eigenvalue weighted by Crippen LogP contribution is -2.08. The van der Waals surface area contributed by atoms with Crippen molar-refractivity contribution >= 4 is 5.69 Å². The van der Waals surface area contributed by atoms with E-state index in [9.17, 15) is 0 Å². The Morgan fingerprint density at radius 3 is 2.78 bits per heavy atom. The largest absolute Gasteiger partial charge is 0.454 e. The fourth-order valence-corrected chi connectivity index (χ4v) is 1.51. The fourth-order valence-electron chi connectivity index (χ4n) is 1.51. The second-order valence-electron chi connectivity index (χ2n) is 3.96. The van der Waals surface area contributed by atoms with Crippen molar-refractivity contribution < 1.29 is 4.74 Å². The number of anilines is 1. The third-order valence-electron chi connectivity index (χ3n) is 2.44. The summed E-state index contributed by atoms with van der Waals surface area (Å²) in [5, 5.41) is 8.94. The topological polar surface area (TPSA) is 49.1 Å². The first kappa shape index (κ1) is 11.9. The van der Waals surface area contributed by atoms with Gasteiger partial charge in [0.15, 0.2) is 11.4 Å². The van der Waals surface area contributed by atoms with E-state index in [2.05, 4.69) is 4.98 Å². The molecule has 0 fully saturated rings. The third kappa shape index (κ3) is 2.58. The first-order valence-electron chi connectivity index (χ1n) is 5.51. The number of pyridine rings is 1. The van der Waals surface area contributed by atoms with Crippen LogP contribution in [0.3, 0.4) is 0 Å². The van der Waals surface area contributed by atoms with Gasteiger partial charge in [-0.1, -0.05) is 6.07 Å². The summed E-state index contributed by atoms with van der Waals surface area (Å²) in [4.78, 5) is 5.94. The number of ether oxygens (including phenoxy) is 1. The average Bonchev–Trinajstić information content (AvgIpc) is 2.39. The van der Waals surface area contributed by atoms with E-state index in [1.54, 1.807) is 18.3 Å². The minimum absolute atomic E-state index is 0.285. The van der Waals surface area contributed by atoms with Crippen LogP contribution in [0.4, 0.5) is 5.69 Å². The number of nitriles is 1. The highest BCUT2D eigenvalue weighted by atomic mass is 16.5. The quantitative estimate of drug-likeness (QED) is 0.826. The zero-order valence-corrected chi connectivity index (χ0v) is 10.3. The Kier molecular flexibility index (Phi) is 3.44. The molecule has 18 heavy (non-hydrogen) atoms. The molecule has 0 unspecified atom stereocenters. The summed E-state index contributed by atoms with van der Waals surface area (Å²) in [7, 11) is 3.92. The zero-order valence-electron chi connectivity index (χ0n) is 10.3. The predicted octanol–water partition coefficient (Wildman–Crippen LogP) is 2.81. The van der Waals surface area contributed by atoms with Crippen molar-refractivity contribution in [1.82, 2.24) is 4.98 Å². The zero-order chi connectivity index (χ0) is 13.0. The van der Waals surface area contributed by atoms with Gasteiger partial charge in [-0.3, -0.25) is 0 Å². The summed E-state index contributed by atoms with van der Waals surface area (Å²) < 4.78 is 5.68. The lowest BCUT2D eigenvalue weighted by Gasteiger charge is -2.14. The average molecular weight is 239 g/mol. The van der Waals surface area contributed by atoms with Crippen LogP contribution >= 0.6 is 0 Å². The molecule has 0 bridgehead atoms. The Balaban J connectivity index is 2.29. The Bertz CT molecular complexity index is 588. The van der Waals surface area contributed by atoms with Crippen molar-refractivity contribution in [2.24, 2.45) is 0 Å². The number of hydrogen-bond donors (Lipinski definition) is 0. The number of aromatic nitrogens is 1. The summed E-state index contributed by atoms with van der Waals surface area (Å²) >= 11 is 0. The van der Waals surface area contributed by atoms with Gasteiger partial charge >= 0.3 is 0 Å². The molecule has 0 atom stereocenters. The van der Waals surface area contributed by atoms with Crippen molar-refractivity contribution in [3.63, 3.8) is 0 Å². The molecule has 0 amide bonds. The minimum Gasteiger partial charge on any atom is -0.454 e. The van der Waals surface area contributed by atoms with Gasteiger partial charge in [-0.05, 0) is 24.3 Å². The Morgan fingerprint density at radius 2 is 2.06 bits per heavy atom. The molecule has 2 aromatic rings. The van der Waals surface area contributed by atoms with E-state index >= 15 is 0 Å². The van der Waals surface area contributed by atoms with Crippen LogP contribution in [0.5, 0.6) is 11.5 Å². The van der Waals surface area contributed by atoms with Crippen LogP contribution in [0.2, 0.25) is 0 Å². The number of hydrogen-bond acceptors (Lipinski definition) is 4. The van der Waals surface area contributed by atoms with Crippen molar-refractivity contribution in [3.8, 4) is 17.6 Å². The summed E-state index contributed by atoms with van der Waals surface area (Å²) in [6.07, 6.45) is 1.57. The first-order valence-corrected chi connectivity index (χ1v) is 5.51. The molecular formula is C14H13N3O. The molecule has 0 saturated carbocycles. The van der Waals surface area contributed by atoms with Crippen molar-refractivity contribution in [3.05, 3.63) is 48.3 Å². The maximum Gasteiger partial charge on any atom is 0.183 e. The van der Waals surface area contributed by atoms with Gasteiger partial charge in [0, 0.05) is 32.0 Å². The molecule has 0 aliphatic rings. The van der Waals surface area contributed by atoms with Crippen molar-refractivity contribution in [2.75, 3.05) is 19.0 Å². The highest BCUT2D eigenvalue weighted by molar-refractivity contribution is 5.51. The molecule has 0 radical (unpaired) electrons. The minimum atomic E-state index is 0.285. The molecule has 0 aliphatic heterocycles. The Labute approximate surface area is 106 Å². The third-order valence-corrected chi connectivity index (χ3v) is 2.44. The van der Waals surface area contributed by atoms with Crippen molar-refractivity contribution in [2.45, 2.75) is 0 Å². The van der Waals surface area contributed by atoms with Crippen LogP contribution in [-0.2, 0) is 0 Å². The van der Waals surface area contributed by atoms with Gasteiger partial charge in [-0.25, -0.2) is 4.98 Å². The highest BCUT2D eigenvalue weighted by Crippen LogP contribution is 2.26. The Morgan fingerprint density at radius 1 is 1.22 bits per heavy atom. The number of nitrogens with zero attached hydrogens (tertiary/aromatic N) is 3. The molecule has 2 rings (SSSR count). The molecule has 0 spiro atoms. The van der Waals surface area contributed by atoms with E-state index in [4.69, 9.17) is 10.00 Å². The SMILES string of the molecule is CN(C)c1cccc(Oc2cccnc2C#N)c1. The molecule has 1 aromatic carbocycles. The smallest absolute Gasteiger partial charge is 0.183 e. The van der Waals surface area contributed by atoms with E-state index in [1.165, 1.54) is 0 Å². The predicted molar refractivity (Wildman–Crippen MR) is 69.8 cm³/mol. The summed E-state index contributed by atoms with van der Waals surface area (Å²) in [5.41, 5.74) is 1.32. The second kappa shape index (κ2) is 5.19. The molecule has 1 aromatic heterocycles.